The lowest BCUT2D eigenvalue weighted by Gasteiger charge is -2.32. The van der Waals surface area contributed by atoms with Crippen LogP contribution < -0.4 is 0 Å². The third kappa shape index (κ3) is 3.16. The Bertz CT molecular complexity index is 174. The van der Waals surface area contributed by atoms with Gasteiger partial charge in [0, 0.05) is 26.2 Å². The molecule has 0 amide bonds. The van der Waals surface area contributed by atoms with Crippen molar-refractivity contribution in [3.8, 4) is 0 Å². The van der Waals surface area contributed by atoms with E-state index in [4.69, 9.17) is 4.74 Å². The number of rotatable bonds is 4. The topological polar surface area (TPSA) is 32.7 Å². The van der Waals surface area contributed by atoms with E-state index in [1.165, 1.54) is 25.7 Å². The molecule has 0 aromatic rings. The number of nitrogens with zero attached hydrogens (tertiary/aromatic N) is 1. The van der Waals surface area contributed by atoms with Crippen LogP contribution in [0.3, 0.4) is 0 Å². The van der Waals surface area contributed by atoms with Gasteiger partial charge in [-0.3, -0.25) is 4.90 Å². The molecule has 0 spiro atoms. The second kappa shape index (κ2) is 5.83. The number of aliphatic hydroxyl groups is 1. The summed E-state index contributed by atoms with van der Waals surface area (Å²) in [6.07, 6.45) is 5.39. The molecule has 1 N–H and O–H groups in total. The Hall–Kier alpha value is -0.120. The van der Waals surface area contributed by atoms with E-state index in [1.54, 1.807) is 0 Å². The molecule has 88 valence electrons. The van der Waals surface area contributed by atoms with Crippen molar-refractivity contribution >= 4 is 0 Å². The van der Waals surface area contributed by atoms with Crippen molar-refractivity contribution in [1.29, 1.82) is 0 Å². The first-order valence-corrected chi connectivity index (χ1v) is 6.31. The fourth-order valence-electron chi connectivity index (χ4n) is 2.90. The van der Waals surface area contributed by atoms with Crippen molar-refractivity contribution in [2.75, 3.05) is 39.5 Å². The van der Waals surface area contributed by atoms with Gasteiger partial charge >= 0.3 is 0 Å². The van der Waals surface area contributed by atoms with E-state index >= 15 is 0 Å². The van der Waals surface area contributed by atoms with Gasteiger partial charge in [0.25, 0.3) is 0 Å². The molecule has 1 aliphatic heterocycles. The highest BCUT2D eigenvalue weighted by Crippen LogP contribution is 2.31. The third-order valence-electron chi connectivity index (χ3n) is 3.90. The Morgan fingerprint density at radius 3 is 2.47 bits per heavy atom. The molecule has 1 heterocycles. The second-order valence-corrected chi connectivity index (χ2v) is 4.90. The zero-order chi connectivity index (χ0) is 10.5. The van der Waals surface area contributed by atoms with Crippen LogP contribution in [0, 0.1) is 11.8 Å². The number of morpholine rings is 1. The van der Waals surface area contributed by atoms with E-state index in [2.05, 4.69) is 4.90 Å². The first-order valence-electron chi connectivity index (χ1n) is 6.31. The summed E-state index contributed by atoms with van der Waals surface area (Å²) >= 11 is 0. The molecule has 2 aliphatic rings. The van der Waals surface area contributed by atoms with E-state index in [0.29, 0.717) is 12.5 Å². The SMILES string of the molecule is OCC(CN1CCOCC1)C1CCCC1. The summed E-state index contributed by atoms with van der Waals surface area (Å²) in [5, 5.41) is 9.46. The molecule has 2 rings (SSSR count). The molecule has 15 heavy (non-hydrogen) atoms. The predicted octanol–water partition coefficient (Wildman–Crippen LogP) is 1.12. The smallest absolute Gasteiger partial charge is 0.0594 e. The van der Waals surface area contributed by atoms with Gasteiger partial charge in [-0.15, -0.1) is 0 Å². The van der Waals surface area contributed by atoms with Gasteiger partial charge in [0.15, 0.2) is 0 Å². The third-order valence-corrected chi connectivity index (χ3v) is 3.90. The molecular formula is C12H23NO2. The lowest BCUT2D eigenvalue weighted by Crippen LogP contribution is -2.41. The maximum atomic E-state index is 9.46. The van der Waals surface area contributed by atoms with E-state index < -0.39 is 0 Å². The van der Waals surface area contributed by atoms with Crippen molar-refractivity contribution in [2.24, 2.45) is 11.8 Å². The second-order valence-electron chi connectivity index (χ2n) is 4.90. The largest absolute Gasteiger partial charge is 0.396 e. The Kier molecular flexibility index (Phi) is 4.42. The van der Waals surface area contributed by atoms with Crippen molar-refractivity contribution in [1.82, 2.24) is 4.90 Å². The highest BCUT2D eigenvalue weighted by Gasteiger charge is 2.26. The minimum Gasteiger partial charge on any atom is -0.396 e. The van der Waals surface area contributed by atoms with Crippen molar-refractivity contribution in [3.05, 3.63) is 0 Å². The zero-order valence-corrected chi connectivity index (χ0v) is 9.53. The summed E-state index contributed by atoms with van der Waals surface area (Å²) in [6, 6.07) is 0. The summed E-state index contributed by atoms with van der Waals surface area (Å²) in [4.78, 5) is 2.45. The molecule has 3 nitrogen and oxygen atoms in total. The van der Waals surface area contributed by atoms with Gasteiger partial charge in [0.1, 0.15) is 0 Å². The molecule has 1 aliphatic carbocycles. The summed E-state index contributed by atoms with van der Waals surface area (Å²) in [6.45, 7) is 5.25. The Morgan fingerprint density at radius 1 is 1.20 bits per heavy atom. The molecule has 1 unspecified atom stereocenters. The average Bonchev–Trinajstić information content (AvgIpc) is 2.81. The van der Waals surface area contributed by atoms with Crippen LogP contribution in [0.5, 0.6) is 0 Å². The van der Waals surface area contributed by atoms with Crippen molar-refractivity contribution in [2.45, 2.75) is 25.7 Å². The van der Waals surface area contributed by atoms with Crippen molar-refractivity contribution < 1.29 is 9.84 Å². The van der Waals surface area contributed by atoms with Gasteiger partial charge in [-0.1, -0.05) is 25.7 Å². The van der Waals surface area contributed by atoms with Crippen LogP contribution in [-0.4, -0.2) is 49.5 Å². The predicted molar refractivity (Wildman–Crippen MR) is 59.8 cm³/mol. The lowest BCUT2D eigenvalue weighted by atomic mass is 9.91. The maximum absolute atomic E-state index is 9.46. The van der Waals surface area contributed by atoms with Crippen LogP contribution in [-0.2, 0) is 4.74 Å². The first kappa shape index (κ1) is 11.4. The first-order chi connectivity index (χ1) is 7.40. The van der Waals surface area contributed by atoms with Crippen molar-refractivity contribution in [3.63, 3.8) is 0 Å². The summed E-state index contributed by atoms with van der Waals surface area (Å²) in [7, 11) is 0. The van der Waals surface area contributed by atoms with E-state index in [9.17, 15) is 5.11 Å². The van der Waals surface area contributed by atoms with Gasteiger partial charge in [-0.05, 0) is 11.8 Å². The molecule has 3 heteroatoms. The Labute approximate surface area is 92.4 Å². The van der Waals surface area contributed by atoms with Gasteiger partial charge < -0.3 is 9.84 Å². The highest BCUT2D eigenvalue weighted by atomic mass is 16.5. The normalized spacial score (nSPS) is 27.0. The van der Waals surface area contributed by atoms with E-state index in [-0.39, 0.29) is 0 Å². The summed E-state index contributed by atoms with van der Waals surface area (Å²) in [5.74, 6) is 1.28. The van der Waals surface area contributed by atoms with Gasteiger partial charge in [-0.2, -0.15) is 0 Å². The monoisotopic (exact) mass is 213 g/mol. The molecule has 0 bridgehead atoms. The number of aliphatic hydroxyl groups excluding tert-OH is 1. The minimum atomic E-state index is 0.363. The number of ether oxygens (including phenoxy) is 1. The standard InChI is InChI=1S/C12H23NO2/c14-10-12(11-3-1-2-4-11)9-13-5-7-15-8-6-13/h11-12,14H,1-10H2. The fraction of sp³-hybridized carbons (Fsp3) is 1.00. The van der Waals surface area contributed by atoms with Gasteiger partial charge in [0.05, 0.1) is 13.2 Å². The Balaban J connectivity index is 1.78. The maximum Gasteiger partial charge on any atom is 0.0594 e. The number of hydrogen-bond donors (Lipinski definition) is 1. The summed E-state index contributed by atoms with van der Waals surface area (Å²) < 4.78 is 5.34. The van der Waals surface area contributed by atoms with Crippen LogP contribution in [0.2, 0.25) is 0 Å². The molecule has 2 fully saturated rings. The molecule has 0 aromatic carbocycles. The van der Waals surface area contributed by atoms with Crippen LogP contribution in [0.15, 0.2) is 0 Å². The van der Waals surface area contributed by atoms with Gasteiger partial charge in [-0.25, -0.2) is 0 Å². The zero-order valence-electron chi connectivity index (χ0n) is 9.53. The minimum absolute atomic E-state index is 0.363. The van der Waals surface area contributed by atoms with Crippen LogP contribution in [0.25, 0.3) is 0 Å². The summed E-state index contributed by atoms with van der Waals surface area (Å²) in [5.41, 5.74) is 0. The molecule has 0 aromatic heterocycles. The molecule has 1 atom stereocenters. The highest BCUT2D eigenvalue weighted by molar-refractivity contribution is 4.78. The lowest BCUT2D eigenvalue weighted by molar-refractivity contribution is 0.0185. The van der Waals surface area contributed by atoms with Crippen LogP contribution in [0.1, 0.15) is 25.7 Å². The number of hydrogen-bond acceptors (Lipinski definition) is 3. The molecule has 0 radical (unpaired) electrons. The molecular weight excluding hydrogens is 190 g/mol. The van der Waals surface area contributed by atoms with Crippen LogP contribution in [0.4, 0.5) is 0 Å². The molecule has 1 saturated heterocycles. The van der Waals surface area contributed by atoms with E-state index in [1.807, 2.05) is 0 Å². The quantitative estimate of drug-likeness (QED) is 0.759. The van der Waals surface area contributed by atoms with E-state index in [0.717, 1.165) is 38.8 Å². The Morgan fingerprint density at radius 2 is 1.87 bits per heavy atom. The van der Waals surface area contributed by atoms with Crippen LogP contribution >= 0.6 is 0 Å². The molecule has 1 saturated carbocycles. The van der Waals surface area contributed by atoms with Gasteiger partial charge in [0.2, 0.25) is 0 Å². The average molecular weight is 213 g/mol. The fourth-order valence-corrected chi connectivity index (χ4v) is 2.90.